The number of halogens is 1. The zero-order valence-electron chi connectivity index (χ0n) is 13.4. The summed E-state index contributed by atoms with van der Waals surface area (Å²) in [5, 5.41) is 3.23. The Bertz CT molecular complexity index is 690. The normalized spacial score (nSPS) is 14.8. The molecule has 1 fully saturated rings. The summed E-state index contributed by atoms with van der Waals surface area (Å²) in [5.74, 6) is -2.38. The molecule has 1 aromatic rings. The molecular weight excluding hydrogens is 334 g/mol. The fourth-order valence-corrected chi connectivity index (χ4v) is 2.57. The van der Waals surface area contributed by atoms with Gasteiger partial charge in [-0.25, -0.2) is 9.69 Å². The molecule has 5 amide bonds. The molecule has 0 atom stereocenters. The molecule has 0 saturated carbocycles. The second kappa shape index (κ2) is 7.44. The number of nitrogens with one attached hydrogen (secondary N) is 1. The maximum atomic E-state index is 12.1. The van der Waals surface area contributed by atoms with E-state index in [4.69, 9.17) is 11.6 Å². The van der Waals surface area contributed by atoms with Gasteiger partial charge in [0.05, 0.1) is 0 Å². The molecule has 0 aliphatic carbocycles. The van der Waals surface area contributed by atoms with Gasteiger partial charge in [0.1, 0.15) is 6.54 Å². The minimum atomic E-state index is -0.973. The number of rotatable bonds is 6. The van der Waals surface area contributed by atoms with Gasteiger partial charge >= 0.3 is 17.8 Å². The van der Waals surface area contributed by atoms with E-state index in [-0.39, 0.29) is 0 Å². The molecular formula is C16H18ClN3O4. The number of hydrogen-bond donors (Lipinski definition) is 1. The predicted octanol–water partition coefficient (Wildman–Crippen LogP) is 1.20. The van der Waals surface area contributed by atoms with Gasteiger partial charge in [-0.05, 0) is 38.0 Å². The van der Waals surface area contributed by atoms with Crippen molar-refractivity contribution in [3.63, 3.8) is 0 Å². The minimum Gasteiger partial charge on any atom is -0.354 e. The topological polar surface area (TPSA) is 86.8 Å². The molecule has 0 bridgehead atoms. The average molecular weight is 352 g/mol. The summed E-state index contributed by atoms with van der Waals surface area (Å²) >= 11 is 5.88. The SMILES string of the molecule is CC(C)N1C(=O)C(=O)N(CC(=O)NCCc2cccc(Cl)c2)C1=O. The largest absolute Gasteiger partial charge is 0.354 e. The lowest BCUT2D eigenvalue weighted by Gasteiger charge is -2.18. The molecule has 1 heterocycles. The van der Waals surface area contributed by atoms with Crippen LogP contribution in [-0.4, -0.2) is 52.7 Å². The van der Waals surface area contributed by atoms with Crippen molar-refractivity contribution >= 4 is 35.4 Å². The highest BCUT2D eigenvalue weighted by Gasteiger charge is 2.46. The molecule has 24 heavy (non-hydrogen) atoms. The van der Waals surface area contributed by atoms with Gasteiger partial charge in [0.15, 0.2) is 0 Å². The van der Waals surface area contributed by atoms with Crippen molar-refractivity contribution in [2.24, 2.45) is 0 Å². The molecule has 1 aromatic carbocycles. The van der Waals surface area contributed by atoms with E-state index in [1.807, 2.05) is 12.1 Å². The van der Waals surface area contributed by atoms with E-state index in [1.54, 1.807) is 26.0 Å². The Morgan fingerprint density at radius 3 is 2.50 bits per heavy atom. The van der Waals surface area contributed by atoms with Crippen molar-refractivity contribution in [2.75, 3.05) is 13.1 Å². The van der Waals surface area contributed by atoms with Gasteiger partial charge in [0.2, 0.25) is 5.91 Å². The van der Waals surface area contributed by atoms with E-state index in [2.05, 4.69) is 5.32 Å². The first kappa shape index (κ1) is 17.9. The van der Waals surface area contributed by atoms with E-state index in [0.29, 0.717) is 22.9 Å². The zero-order chi connectivity index (χ0) is 17.9. The molecule has 128 valence electrons. The van der Waals surface area contributed by atoms with Crippen LogP contribution in [0.1, 0.15) is 19.4 Å². The van der Waals surface area contributed by atoms with Crippen LogP contribution in [0.5, 0.6) is 0 Å². The molecule has 2 rings (SSSR count). The van der Waals surface area contributed by atoms with Crippen molar-refractivity contribution in [1.29, 1.82) is 0 Å². The maximum absolute atomic E-state index is 12.1. The molecule has 1 N–H and O–H groups in total. The Balaban J connectivity index is 1.87. The first-order chi connectivity index (χ1) is 11.3. The fourth-order valence-electron chi connectivity index (χ4n) is 2.36. The Morgan fingerprint density at radius 2 is 1.92 bits per heavy atom. The van der Waals surface area contributed by atoms with Crippen LogP contribution >= 0.6 is 11.6 Å². The standard InChI is InChI=1S/C16H18ClN3O4/c1-10(2)20-15(23)14(22)19(16(20)24)9-13(21)18-7-6-11-4-3-5-12(17)8-11/h3-5,8,10H,6-7,9H2,1-2H3,(H,18,21). The van der Waals surface area contributed by atoms with Crippen LogP contribution in [-0.2, 0) is 20.8 Å². The van der Waals surface area contributed by atoms with Gasteiger partial charge in [-0.2, -0.15) is 0 Å². The van der Waals surface area contributed by atoms with Crippen molar-refractivity contribution in [3.05, 3.63) is 34.9 Å². The van der Waals surface area contributed by atoms with Crippen LogP contribution in [0.2, 0.25) is 5.02 Å². The van der Waals surface area contributed by atoms with Gasteiger partial charge < -0.3 is 5.32 Å². The molecule has 0 aromatic heterocycles. The third-order valence-electron chi connectivity index (χ3n) is 3.53. The third-order valence-corrected chi connectivity index (χ3v) is 3.76. The number of urea groups is 1. The van der Waals surface area contributed by atoms with Crippen LogP contribution in [0.3, 0.4) is 0 Å². The second-order valence-corrected chi connectivity index (χ2v) is 6.11. The molecule has 0 spiro atoms. The highest BCUT2D eigenvalue weighted by molar-refractivity contribution is 6.45. The number of carbonyl (C=O) groups excluding carboxylic acids is 4. The number of carbonyl (C=O) groups is 4. The lowest BCUT2D eigenvalue weighted by atomic mass is 10.1. The zero-order valence-corrected chi connectivity index (χ0v) is 14.2. The monoisotopic (exact) mass is 351 g/mol. The van der Waals surface area contributed by atoms with Crippen LogP contribution in [0.4, 0.5) is 4.79 Å². The summed E-state index contributed by atoms with van der Waals surface area (Å²) < 4.78 is 0. The molecule has 0 unspecified atom stereocenters. The Morgan fingerprint density at radius 1 is 1.21 bits per heavy atom. The molecule has 7 nitrogen and oxygen atoms in total. The highest BCUT2D eigenvalue weighted by Crippen LogP contribution is 2.15. The van der Waals surface area contributed by atoms with Gasteiger partial charge in [-0.15, -0.1) is 0 Å². The van der Waals surface area contributed by atoms with Crippen LogP contribution in [0.15, 0.2) is 24.3 Å². The van der Waals surface area contributed by atoms with Crippen molar-refractivity contribution in [2.45, 2.75) is 26.3 Å². The Hall–Kier alpha value is -2.41. The van der Waals surface area contributed by atoms with Crippen molar-refractivity contribution < 1.29 is 19.2 Å². The molecule has 1 aliphatic rings. The van der Waals surface area contributed by atoms with E-state index >= 15 is 0 Å². The summed E-state index contributed by atoms with van der Waals surface area (Å²) in [5.41, 5.74) is 0.956. The summed E-state index contributed by atoms with van der Waals surface area (Å²) in [4.78, 5) is 49.0. The van der Waals surface area contributed by atoms with Crippen molar-refractivity contribution in [3.8, 4) is 0 Å². The smallest absolute Gasteiger partial charge is 0.334 e. The summed E-state index contributed by atoms with van der Waals surface area (Å²) in [7, 11) is 0. The minimum absolute atomic E-state index is 0.331. The molecule has 0 radical (unpaired) electrons. The fraction of sp³-hybridized carbons (Fsp3) is 0.375. The lowest BCUT2D eigenvalue weighted by molar-refractivity contribution is -0.144. The Kier molecular flexibility index (Phi) is 5.56. The van der Waals surface area contributed by atoms with Crippen LogP contribution in [0, 0.1) is 0 Å². The summed E-state index contributed by atoms with van der Waals surface area (Å²) in [6.45, 7) is 3.11. The first-order valence-corrected chi connectivity index (χ1v) is 7.89. The number of hydrogen-bond acceptors (Lipinski definition) is 4. The van der Waals surface area contributed by atoms with Crippen LogP contribution < -0.4 is 5.32 Å². The molecule has 1 aliphatic heterocycles. The summed E-state index contributed by atoms with van der Waals surface area (Å²) in [6, 6.07) is 6.04. The van der Waals surface area contributed by atoms with Crippen LogP contribution in [0.25, 0.3) is 0 Å². The summed E-state index contributed by atoms with van der Waals surface area (Å²) in [6.07, 6.45) is 0.561. The molecule has 1 saturated heterocycles. The Labute approximate surface area is 144 Å². The molecule has 8 heteroatoms. The number of benzene rings is 1. The second-order valence-electron chi connectivity index (χ2n) is 5.67. The third kappa shape index (κ3) is 3.91. The van der Waals surface area contributed by atoms with E-state index in [9.17, 15) is 19.2 Å². The van der Waals surface area contributed by atoms with Crippen molar-refractivity contribution in [1.82, 2.24) is 15.1 Å². The average Bonchev–Trinajstić information content (AvgIpc) is 2.71. The number of nitrogens with zero attached hydrogens (tertiary/aromatic N) is 2. The van der Waals surface area contributed by atoms with E-state index in [0.717, 1.165) is 10.5 Å². The van der Waals surface area contributed by atoms with E-state index in [1.165, 1.54) is 0 Å². The van der Waals surface area contributed by atoms with E-state index < -0.39 is 36.3 Å². The van der Waals surface area contributed by atoms with Gasteiger partial charge in [-0.3, -0.25) is 19.3 Å². The van der Waals surface area contributed by atoms with Gasteiger partial charge in [-0.1, -0.05) is 23.7 Å². The predicted molar refractivity (Wildman–Crippen MR) is 87.3 cm³/mol. The number of amides is 5. The van der Waals surface area contributed by atoms with Gasteiger partial charge in [0, 0.05) is 17.6 Å². The quantitative estimate of drug-likeness (QED) is 0.616. The lowest BCUT2D eigenvalue weighted by Crippen LogP contribution is -2.42. The maximum Gasteiger partial charge on any atom is 0.334 e. The first-order valence-electron chi connectivity index (χ1n) is 7.51. The highest BCUT2D eigenvalue weighted by atomic mass is 35.5. The number of imide groups is 2. The van der Waals surface area contributed by atoms with Gasteiger partial charge in [0.25, 0.3) is 0 Å².